The molecular formula is C18H32O. The second-order valence-electron chi connectivity index (χ2n) is 8.57. The Balaban J connectivity index is 1.76. The fourth-order valence-electron chi connectivity index (χ4n) is 6.38. The lowest BCUT2D eigenvalue weighted by molar-refractivity contribution is -0.157. The summed E-state index contributed by atoms with van der Waals surface area (Å²) in [5.74, 6) is 2.60. The minimum Gasteiger partial charge on any atom is -0.393 e. The van der Waals surface area contributed by atoms with Gasteiger partial charge in [0.2, 0.25) is 0 Å². The minimum absolute atomic E-state index is 0.0253. The van der Waals surface area contributed by atoms with E-state index in [2.05, 4.69) is 20.8 Å². The first-order chi connectivity index (χ1) is 8.98. The van der Waals surface area contributed by atoms with Crippen LogP contribution in [0.4, 0.5) is 0 Å². The highest BCUT2D eigenvalue weighted by atomic mass is 16.3. The van der Waals surface area contributed by atoms with E-state index in [1.165, 1.54) is 51.4 Å². The first-order valence-corrected chi connectivity index (χ1v) is 8.66. The molecule has 4 bridgehead atoms. The molecule has 0 aromatic rings. The molecule has 0 radical (unpaired) electrons. The van der Waals surface area contributed by atoms with Gasteiger partial charge in [-0.25, -0.2) is 0 Å². The average Bonchev–Trinajstić information content (AvgIpc) is 2.32. The Morgan fingerprint density at radius 1 is 1.05 bits per heavy atom. The topological polar surface area (TPSA) is 20.2 Å². The molecule has 110 valence electrons. The van der Waals surface area contributed by atoms with Gasteiger partial charge in [0, 0.05) is 0 Å². The lowest BCUT2D eigenvalue weighted by atomic mass is 9.43. The Morgan fingerprint density at radius 3 is 2.11 bits per heavy atom. The van der Waals surface area contributed by atoms with Crippen LogP contribution in [0.5, 0.6) is 0 Å². The van der Waals surface area contributed by atoms with Crippen molar-refractivity contribution in [3.8, 4) is 0 Å². The monoisotopic (exact) mass is 264 g/mol. The van der Waals surface area contributed by atoms with Crippen molar-refractivity contribution >= 4 is 0 Å². The second kappa shape index (κ2) is 4.76. The van der Waals surface area contributed by atoms with Crippen LogP contribution in [0.1, 0.15) is 78.6 Å². The van der Waals surface area contributed by atoms with Crippen molar-refractivity contribution in [3.05, 3.63) is 0 Å². The van der Waals surface area contributed by atoms with Gasteiger partial charge in [-0.15, -0.1) is 0 Å². The van der Waals surface area contributed by atoms with Gasteiger partial charge < -0.3 is 5.11 Å². The molecule has 0 spiro atoms. The number of rotatable bonds is 5. The molecule has 0 aliphatic heterocycles. The summed E-state index contributed by atoms with van der Waals surface area (Å²) in [7, 11) is 0. The quantitative estimate of drug-likeness (QED) is 0.757. The van der Waals surface area contributed by atoms with Gasteiger partial charge in [-0.3, -0.25) is 0 Å². The van der Waals surface area contributed by atoms with Gasteiger partial charge in [0.05, 0.1) is 6.10 Å². The fourth-order valence-corrected chi connectivity index (χ4v) is 6.38. The van der Waals surface area contributed by atoms with Crippen LogP contribution in [0.25, 0.3) is 0 Å². The predicted molar refractivity (Wildman–Crippen MR) is 79.9 cm³/mol. The highest BCUT2D eigenvalue weighted by molar-refractivity contribution is 5.08. The third-order valence-corrected chi connectivity index (χ3v) is 6.82. The number of aliphatic hydroxyl groups is 1. The van der Waals surface area contributed by atoms with E-state index in [1.54, 1.807) is 0 Å². The molecular weight excluding hydrogens is 232 g/mol. The molecule has 19 heavy (non-hydrogen) atoms. The highest BCUT2D eigenvalue weighted by Gasteiger charge is 2.58. The molecule has 4 fully saturated rings. The van der Waals surface area contributed by atoms with Crippen LogP contribution in [-0.4, -0.2) is 11.2 Å². The second-order valence-corrected chi connectivity index (χ2v) is 8.57. The molecule has 0 saturated heterocycles. The van der Waals surface area contributed by atoms with E-state index in [-0.39, 0.29) is 6.10 Å². The van der Waals surface area contributed by atoms with Crippen molar-refractivity contribution in [1.29, 1.82) is 0 Å². The van der Waals surface area contributed by atoms with Gasteiger partial charge in [0.15, 0.2) is 0 Å². The van der Waals surface area contributed by atoms with E-state index < -0.39 is 0 Å². The Bertz CT molecular complexity index is 317. The highest BCUT2D eigenvalue weighted by Crippen LogP contribution is 2.66. The fraction of sp³-hybridized carbons (Fsp3) is 1.00. The molecule has 0 amide bonds. The maximum atomic E-state index is 11.0. The summed E-state index contributed by atoms with van der Waals surface area (Å²) < 4.78 is 0. The molecule has 4 aliphatic carbocycles. The Morgan fingerprint density at radius 2 is 1.63 bits per heavy atom. The van der Waals surface area contributed by atoms with E-state index in [4.69, 9.17) is 0 Å². The molecule has 3 atom stereocenters. The van der Waals surface area contributed by atoms with E-state index in [1.807, 2.05) is 0 Å². The van der Waals surface area contributed by atoms with Crippen LogP contribution in [0, 0.1) is 28.6 Å². The zero-order chi connectivity index (χ0) is 13.7. The molecule has 4 saturated carbocycles. The van der Waals surface area contributed by atoms with Crippen LogP contribution >= 0.6 is 0 Å². The zero-order valence-corrected chi connectivity index (χ0v) is 13.1. The number of aliphatic hydroxyl groups excluding tert-OH is 1. The molecule has 0 aromatic carbocycles. The van der Waals surface area contributed by atoms with Gasteiger partial charge in [0.1, 0.15) is 0 Å². The van der Waals surface area contributed by atoms with Crippen LogP contribution in [0.3, 0.4) is 0 Å². The first kappa shape index (κ1) is 13.9. The average molecular weight is 264 g/mol. The molecule has 1 nitrogen and oxygen atoms in total. The van der Waals surface area contributed by atoms with Gasteiger partial charge in [0.25, 0.3) is 0 Å². The van der Waals surface area contributed by atoms with Gasteiger partial charge in [-0.2, -0.15) is 0 Å². The summed E-state index contributed by atoms with van der Waals surface area (Å²) in [6.45, 7) is 7.06. The van der Waals surface area contributed by atoms with Gasteiger partial charge in [-0.1, -0.05) is 33.6 Å². The summed E-state index contributed by atoms with van der Waals surface area (Å²) in [6, 6.07) is 0. The van der Waals surface area contributed by atoms with Crippen molar-refractivity contribution in [2.45, 2.75) is 84.7 Å². The molecule has 0 heterocycles. The minimum atomic E-state index is -0.0253. The summed E-state index contributed by atoms with van der Waals surface area (Å²) >= 11 is 0. The zero-order valence-electron chi connectivity index (χ0n) is 13.1. The molecule has 4 aliphatic rings. The maximum Gasteiger partial charge on any atom is 0.0599 e. The summed E-state index contributed by atoms with van der Waals surface area (Å²) in [4.78, 5) is 0. The standard InChI is InChI=1S/C18H32O/c1-4-13(5-2)7-16(19)18-10-14-6-15(11-18)9-17(3,8-14)12-18/h13-16,19H,4-12H2,1-3H3. The molecule has 4 rings (SSSR count). The normalized spacial score (nSPS) is 45.9. The van der Waals surface area contributed by atoms with E-state index in [9.17, 15) is 5.11 Å². The van der Waals surface area contributed by atoms with E-state index >= 15 is 0 Å². The van der Waals surface area contributed by atoms with Gasteiger partial charge in [-0.05, 0) is 73.5 Å². The maximum absolute atomic E-state index is 11.0. The molecule has 1 heteroatoms. The van der Waals surface area contributed by atoms with Crippen molar-refractivity contribution in [2.75, 3.05) is 0 Å². The van der Waals surface area contributed by atoms with Crippen LogP contribution in [0.2, 0.25) is 0 Å². The molecule has 1 N–H and O–H groups in total. The van der Waals surface area contributed by atoms with E-state index in [0.717, 1.165) is 24.2 Å². The van der Waals surface area contributed by atoms with Crippen molar-refractivity contribution < 1.29 is 5.11 Å². The summed E-state index contributed by atoms with van der Waals surface area (Å²) in [6.07, 6.45) is 11.8. The Hall–Kier alpha value is -0.0400. The first-order valence-electron chi connectivity index (χ1n) is 8.66. The Kier molecular flexibility index (Phi) is 3.48. The van der Waals surface area contributed by atoms with Crippen molar-refractivity contribution in [1.82, 2.24) is 0 Å². The van der Waals surface area contributed by atoms with Crippen LogP contribution in [0.15, 0.2) is 0 Å². The SMILES string of the molecule is CCC(CC)CC(O)C12CC3CC(CC(C)(C3)C1)C2. The van der Waals surface area contributed by atoms with Gasteiger partial charge >= 0.3 is 0 Å². The third kappa shape index (κ3) is 2.37. The lowest BCUT2D eigenvalue weighted by Crippen LogP contribution is -2.55. The predicted octanol–water partition coefficient (Wildman–Crippen LogP) is 4.78. The van der Waals surface area contributed by atoms with E-state index in [0.29, 0.717) is 10.8 Å². The largest absolute Gasteiger partial charge is 0.393 e. The van der Waals surface area contributed by atoms with Crippen molar-refractivity contribution in [2.24, 2.45) is 28.6 Å². The summed E-state index contributed by atoms with van der Waals surface area (Å²) in [5.41, 5.74) is 0.875. The molecule has 0 aromatic heterocycles. The summed E-state index contributed by atoms with van der Waals surface area (Å²) in [5, 5.41) is 11.0. The number of hydrogen-bond donors (Lipinski definition) is 1. The van der Waals surface area contributed by atoms with Crippen molar-refractivity contribution in [3.63, 3.8) is 0 Å². The third-order valence-electron chi connectivity index (χ3n) is 6.82. The van der Waals surface area contributed by atoms with Crippen LogP contribution in [-0.2, 0) is 0 Å². The Labute approximate surface area is 119 Å². The number of hydrogen-bond acceptors (Lipinski definition) is 1. The smallest absolute Gasteiger partial charge is 0.0599 e. The van der Waals surface area contributed by atoms with Crippen LogP contribution < -0.4 is 0 Å². The molecule has 3 unspecified atom stereocenters. The lowest BCUT2D eigenvalue weighted by Gasteiger charge is -2.63.